The van der Waals surface area contributed by atoms with E-state index in [-0.39, 0.29) is 23.6 Å². The van der Waals surface area contributed by atoms with Crippen LogP contribution in [0.5, 0.6) is 0 Å². The maximum Gasteiger partial charge on any atom is 0.296 e. The van der Waals surface area contributed by atoms with Crippen LogP contribution in [0, 0.1) is 0 Å². The molecule has 2 atom stereocenters. The zero-order chi connectivity index (χ0) is 14.9. The van der Waals surface area contributed by atoms with Crippen molar-refractivity contribution in [2.75, 3.05) is 11.9 Å². The number of aliphatic hydroxyl groups is 2. The third-order valence-corrected chi connectivity index (χ3v) is 3.02. The van der Waals surface area contributed by atoms with Crippen LogP contribution in [-0.2, 0) is 9.59 Å². The molecular formula is C13H14N2O5. The zero-order valence-electron chi connectivity index (χ0n) is 10.7. The summed E-state index contributed by atoms with van der Waals surface area (Å²) in [4.78, 5) is 33.8. The van der Waals surface area contributed by atoms with Gasteiger partial charge in [0.25, 0.3) is 11.7 Å². The molecule has 1 aliphatic heterocycles. The number of amides is 2. The maximum absolute atomic E-state index is 11.7. The largest absolute Gasteiger partial charge is 0.388 e. The Bertz CT molecular complexity index is 584. The number of hydrogen-bond donors (Lipinski definition) is 4. The van der Waals surface area contributed by atoms with E-state index in [0.717, 1.165) is 0 Å². The van der Waals surface area contributed by atoms with Crippen LogP contribution in [0.2, 0.25) is 0 Å². The van der Waals surface area contributed by atoms with E-state index >= 15 is 0 Å². The minimum absolute atomic E-state index is 0.0619. The minimum Gasteiger partial charge on any atom is -0.388 e. The van der Waals surface area contributed by atoms with Crippen molar-refractivity contribution in [1.29, 1.82) is 0 Å². The summed E-state index contributed by atoms with van der Waals surface area (Å²) < 4.78 is 0. The topological polar surface area (TPSA) is 116 Å². The van der Waals surface area contributed by atoms with E-state index < -0.39 is 23.9 Å². The molecule has 1 heterocycles. The minimum atomic E-state index is -1.38. The molecule has 0 radical (unpaired) electrons. The number of aliphatic hydroxyl groups excluding tert-OH is 2. The zero-order valence-corrected chi connectivity index (χ0v) is 10.7. The van der Waals surface area contributed by atoms with Gasteiger partial charge >= 0.3 is 0 Å². The van der Waals surface area contributed by atoms with Gasteiger partial charge in [-0.25, -0.2) is 0 Å². The average molecular weight is 278 g/mol. The first-order valence-corrected chi connectivity index (χ1v) is 6.01. The van der Waals surface area contributed by atoms with Crippen LogP contribution < -0.4 is 10.6 Å². The number of fused-ring (bicyclic) bond motifs is 1. The van der Waals surface area contributed by atoms with Gasteiger partial charge < -0.3 is 20.8 Å². The summed E-state index contributed by atoms with van der Waals surface area (Å²) in [5, 5.41) is 24.6. The van der Waals surface area contributed by atoms with E-state index in [9.17, 15) is 24.6 Å². The predicted octanol–water partition coefficient (Wildman–Crippen LogP) is -0.648. The Balaban J connectivity index is 2.26. The van der Waals surface area contributed by atoms with E-state index in [1.165, 1.54) is 19.1 Å². The first kappa shape index (κ1) is 14.2. The standard InChI is InChI=1S/C13H14N2O5/c1-6(16)14-5-9(17)11(18)7-3-2-4-8-10(7)12(19)13(20)15-8/h2-4,9,11,17-18H,5H2,1H3,(H,14,16)(H,15,19,20). The van der Waals surface area contributed by atoms with Gasteiger partial charge in [-0.1, -0.05) is 12.1 Å². The quantitative estimate of drug-likeness (QED) is 0.546. The summed E-state index contributed by atoms with van der Waals surface area (Å²) in [5.41, 5.74) is 0.527. The van der Waals surface area contributed by atoms with Gasteiger partial charge in [-0.2, -0.15) is 0 Å². The van der Waals surface area contributed by atoms with Gasteiger partial charge in [-0.15, -0.1) is 0 Å². The van der Waals surface area contributed by atoms with Gasteiger partial charge in [0, 0.05) is 13.5 Å². The lowest BCUT2D eigenvalue weighted by Gasteiger charge is -2.19. The number of rotatable bonds is 4. The van der Waals surface area contributed by atoms with Crippen molar-refractivity contribution in [3.63, 3.8) is 0 Å². The van der Waals surface area contributed by atoms with Crippen molar-refractivity contribution >= 4 is 23.3 Å². The fourth-order valence-electron chi connectivity index (χ4n) is 2.03. The molecule has 0 bridgehead atoms. The van der Waals surface area contributed by atoms with Crippen molar-refractivity contribution in [1.82, 2.24) is 5.32 Å². The Labute approximate surface area is 114 Å². The summed E-state index contributed by atoms with van der Waals surface area (Å²) in [7, 11) is 0. The molecule has 1 aliphatic rings. The molecule has 7 heteroatoms. The van der Waals surface area contributed by atoms with E-state index in [2.05, 4.69) is 10.6 Å². The van der Waals surface area contributed by atoms with Crippen LogP contribution >= 0.6 is 0 Å². The van der Waals surface area contributed by atoms with E-state index in [0.29, 0.717) is 5.69 Å². The van der Waals surface area contributed by atoms with Gasteiger partial charge in [-0.3, -0.25) is 14.4 Å². The highest BCUT2D eigenvalue weighted by atomic mass is 16.3. The number of Topliss-reactive ketones (excluding diaryl/α,β-unsaturated/α-hetero) is 1. The Morgan fingerprint density at radius 1 is 1.35 bits per heavy atom. The normalized spacial score (nSPS) is 16.4. The van der Waals surface area contributed by atoms with Crippen LogP contribution in [0.4, 0.5) is 5.69 Å². The second-order valence-corrected chi connectivity index (χ2v) is 4.50. The molecule has 2 amide bonds. The molecule has 2 unspecified atom stereocenters. The Hall–Kier alpha value is -2.25. The number of ketones is 1. The third kappa shape index (κ3) is 2.54. The summed E-state index contributed by atoms with van der Waals surface area (Å²) in [6.07, 6.45) is -2.66. The van der Waals surface area contributed by atoms with Crippen molar-refractivity contribution in [2.45, 2.75) is 19.1 Å². The predicted molar refractivity (Wildman–Crippen MR) is 69.1 cm³/mol. The molecule has 20 heavy (non-hydrogen) atoms. The molecule has 1 aromatic rings. The van der Waals surface area contributed by atoms with Crippen LogP contribution in [0.25, 0.3) is 0 Å². The highest BCUT2D eigenvalue weighted by Crippen LogP contribution is 2.31. The van der Waals surface area contributed by atoms with Crippen LogP contribution in [-0.4, -0.2) is 40.5 Å². The number of benzene rings is 1. The van der Waals surface area contributed by atoms with Gasteiger partial charge in [0.05, 0.1) is 11.3 Å². The Morgan fingerprint density at radius 3 is 2.70 bits per heavy atom. The smallest absolute Gasteiger partial charge is 0.296 e. The molecule has 0 aliphatic carbocycles. The molecule has 1 aromatic carbocycles. The molecule has 7 nitrogen and oxygen atoms in total. The lowest BCUT2D eigenvalue weighted by Crippen LogP contribution is -2.34. The second kappa shape index (κ2) is 5.40. The monoisotopic (exact) mass is 278 g/mol. The van der Waals surface area contributed by atoms with Gasteiger partial charge in [-0.05, 0) is 11.6 Å². The van der Waals surface area contributed by atoms with Crippen molar-refractivity contribution in [2.24, 2.45) is 0 Å². The molecule has 0 fully saturated rings. The molecule has 4 N–H and O–H groups in total. The van der Waals surface area contributed by atoms with E-state index in [4.69, 9.17) is 0 Å². The molecular weight excluding hydrogens is 264 g/mol. The van der Waals surface area contributed by atoms with E-state index in [1.807, 2.05) is 0 Å². The van der Waals surface area contributed by atoms with Gasteiger partial charge in [0.1, 0.15) is 12.2 Å². The first-order chi connectivity index (χ1) is 9.41. The Morgan fingerprint density at radius 2 is 2.05 bits per heavy atom. The molecule has 106 valence electrons. The molecule has 2 rings (SSSR count). The van der Waals surface area contributed by atoms with Crippen molar-refractivity contribution < 1.29 is 24.6 Å². The number of carbonyl (C=O) groups excluding carboxylic acids is 3. The molecule has 0 saturated carbocycles. The van der Waals surface area contributed by atoms with Crippen LogP contribution in [0.1, 0.15) is 28.9 Å². The maximum atomic E-state index is 11.7. The first-order valence-electron chi connectivity index (χ1n) is 6.01. The van der Waals surface area contributed by atoms with Gasteiger partial charge in [0.15, 0.2) is 0 Å². The average Bonchev–Trinajstić information content (AvgIpc) is 2.70. The Kier molecular flexibility index (Phi) is 3.82. The summed E-state index contributed by atoms with van der Waals surface area (Å²) in [6.45, 7) is 1.13. The summed E-state index contributed by atoms with van der Waals surface area (Å²) in [6, 6.07) is 4.55. The second-order valence-electron chi connectivity index (χ2n) is 4.50. The number of carbonyl (C=O) groups is 3. The van der Waals surface area contributed by atoms with Gasteiger partial charge in [0.2, 0.25) is 5.91 Å². The highest BCUT2D eigenvalue weighted by Gasteiger charge is 2.33. The van der Waals surface area contributed by atoms with Crippen LogP contribution in [0.15, 0.2) is 18.2 Å². The fraction of sp³-hybridized carbons (Fsp3) is 0.308. The summed E-state index contributed by atoms with van der Waals surface area (Å²) in [5.74, 6) is -1.86. The van der Waals surface area contributed by atoms with Crippen molar-refractivity contribution in [3.05, 3.63) is 29.3 Å². The molecule has 0 aromatic heterocycles. The van der Waals surface area contributed by atoms with Crippen molar-refractivity contribution in [3.8, 4) is 0 Å². The van der Waals surface area contributed by atoms with Crippen LogP contribution in [0.3, 0.4) is 0 Å². The summed E-state index contributed by atoms with van der Waals surface area (Å²) >= 11 is 0. The number of anilines is 1. The third-order valence-electron chi connectivity index (χ3n) is 3.02. The fourth-order valence-corrected chi connectivity index (χ4v) is 2.03. The SMILES string of the molecule is CC(=O)NCC(O)C(O)c1cccc2c1C(=O)C(=O)N2. The lowest BCUT2D eigenvalue weighted by molar-refractivity contribution is -0.119. The van der Waals surface area contributed by atoms with E-state index in [1.54, 1.807) is 6.07 Å². The number of hydrogen-bond acceptors (Lipinski definition) is 5. The molecule has 0 spiro atoms. The number of nitrogens with one attached hydrogen (secondary N) is 2. The highest BCUT2D eigenvalue weighted by molar-refractivity contribution is 6.52. The molecule has 0 saturated heterocycles. The lowest BCUT2D eigenvalue weighted by atomic mass is 9.96.